The zero-order valence-corrected chi connectivity index (χ0v) is 24.2. The zero-order valence-electron chi connectivity index (χ0n) is 24.2. The van der Waals surface area contributed by atoms with Gasteiger partial charge in [-0.05, 0) is 70.2 Å². The number of rotatable bonds is 8. The second-order valence-corrected chi connectivity index (χ2v) is 12.2. The number of carbonyl (C=O) groups excluding carboxylic acids is 1. The van der Waals surface area contributed by atoms with Gasteiger partial charge in [0.15, 0.2) is 5.60 Å². The molecule has 1 amide bonds. The first kappa shape index (κ1) is 31.5. The van der Waals surface area contributed by atoms with Gasteiger partial charge in [0.2, 0.25) is 5.91 Å². The number of nitrogens with zero attached hydrogens (tertiary/aromatic N) is 2. The van der Waals surface area contributed by atoms with E-state index in [1.807, 2.05) is 0 Å². The van der Waals surface area contributed by atoms with Crippen LogP contribution >= 0.6 is 0 Å². The number of nitrogens with one attached hydrogen (secondary N) is 1. The molecule has 1 aromatic carbocycles. The van der Waals surface area contributed by atoms with Crippen molar-refractivity contribution in [1.82, 2.24) is 14.8 Å². The van der Waals surface area contributed by atoms with Gasteiger partial charge in [0.05, 0.1) is 30.9 Å². The van der Waals surface area contributed by atoms with Crippen molar-refractivity contribution in [2.24, 2.45) is 5.92 Å². The summed E-state index contributed by atoms with van der Waals surface area (Å²) in [5.41, 5.74) is 1.46. The summed E-state index contributed by atoms with van der Waals surface area (Å²) in [6.45, 7) is 5.28. The molecule has 2 fully saturated rings. The highest BCUT2D eigenvalue weighted by Gasteiger charge is 2.43. The number of likely N-dealkylation sites (N-methyl/N-ethyl adjacent to an activating group) is 1. The van der Waals surface area contributed by atoms with Gasteiger partial charge in [-0.1, -0.05) is 12.1 Å². The molecule has 1 saturated carbocycles. The third-order valence-corrected chi connectivity index (χ3v) is 8.89. The highest BCUT2D eigenvalue weighted by Crippen LogP contribution is 2.45. The number of aliphatic hydroxyl groups excluding tert-OH is 1. The van der Waals surface area contributed by atoms with Gasteiger partial charge < -0.3 is 40.3 Å². The molecule has 42 heavy (non-hydrogen) atoms. The maximum atomic E-state index is 13.0. The SMILES string of the molecule is CC(C)n1cc2c3c(cccc31)[C@H]1C[C@H](C(=O)NC3CCCC3O)CN(C)[C@@H]1C2.O=C(O)CC(O)(CC(=O)O)C(=O)O. The fraction of sp³-hybridized carbons (Fsp3) is 0.600. The average Bonchev–Trinajstić information content (AvgIpc) is 3.48. The molecule has 2 heterocycles. The Bertz CT molecular complexity index is 1340. The minimum atomic E-state index is -2.74. The van der Waals surface area contributed by atoms with Gasteiger partial charge in [-0.15, -0.1) is 0 Å². The minimum absolute atomic E-state index is 0.0157. The molecule has 2 aliphatic carbocycles. The van der Waals surface area contributed by atoms with E-state index in [2.05, 4.69) is 60.1 Å². The first-order valence-electron chi connectivity index (χ1n) is 14.4. The van der Waals surface area contributed by atoms with E-state index in [4.69, 9.17) is 20.4 Å². The summed E-state index contributed by atoms with van der Waals surface area (Å²) in [5, 5.41) is 48.5. The Kier molecular flexibility index (Phi) is 9.29. The van der Waals surface area contributed by atoms with Crippen LogP contribution in [0.4, 0.5) is 0 Å². The minimum Gasteiger partial charge on any atom is -0.481 e. The van der Waals surface area contributed by atoms with Gasteiger partial charge in [-0.3, -0.25) is 14.4 Å². The quantitative estimate of drug-likeness (QED) is 0.266. The fourth-order valence-corrected chi connectivity index (χ4v) is 6.81. The normalized spacial score (nSPS) is 25.4. The Morgan fingerprint density at radius 3 is 2.29 bits per heavy atom. The van der Waals surface area contributed by atoms with E-state index in [1.54, 1.807) is 0 Å². The van der Waals surface area contributed by atoms with Crippen LogP contribution in [0.1, 0.15) is 75.5 Å². The highest BCUT2D eigenvalue weighted by molar-refractivity contribution is 5.90. The van der Waals surface area contributed by atoms with Crippen molar-refractivity contribution in [2.45, 2.75) is 94.5 Å². The van der Waals surface area contributed by atoms with E-state index in [0.29, 0.717) is 18.0 Å². The van der Waals surface area contributed by atoms with Gasteiger partial charge in [0.25, 0.3) is 0 Å². The standard InChI is InChI=1S/C24H33N3O2.C6H8O7/c1-14(2)27-13-15-11-21-18(17-6-4-8-20(27)23(15)17)10-16(12-26(21)3)24(29)25-19-7-5-9-22(19)28;7-3(8)1-6(13,5(11)12)2-4(9)10/h4,6,8,13-14,16,18-19,21-22,28H,5,7,9-12H2,1-3H3,(H,25,29);13H,1-2H2,(H,7,8)(H,9,10)(H,11,12)/t16-,18+,19?,21+,22?;/m0./s1. The number of aliphatic carboxylic acids is 3. The van der Waals surface area contributed by atoms with E-state index in [1.165, 1.54) is 22.0 Å². The number of carboxylic acid groups (broad SMARTS) is 3. The van der Waals surface area contributed by atoms with Gasteiger partial charge in [-0.25, -0.2) is 4.79 Å². The number of hydrogen-bond donors (Lipinski definition) is 6. The van der Waals surface area contributed by atoms with E-state index in [-0.39, 0.29) is 24.0 Å². The van der Waals surface area contributed by atoms with Crippen molar-refractivity contribution in [3.63, 3.8) is 0 Å². The third kappa shape index (κ3) is 6.45. The number of carboxylic acids is 3. The Hall–Kier alpha value is -3.48. The Labute approximate surface area is 243 Å². The first-order chi connectivity index (χ1) is 19.7. The van der Waals surface area contributed by atoms with Crippen LogP contribution in [-0.4, -0.2) is 96.2 Å². The van der Waals surface area contributed by atoms with Gasteiger partial charge in [-0.2, -0.15) is 0 Å². The van der Waals surface area contributed by atoms with Crippen molar-refractivity contribution in [3.05, 3.63) is 35.5 Å². The largest absolute Gasteiger partial charge is 0.481 e. The summed E-state index contributed by atoms with van der Waals surface area (Å²) < 4.78 is 2.40. The first-order valence-corrected chi connectivity index (χ1v) is 14.4. The van der Waals surface area contributed by atoms with Crippen LogP contribution in [0.5, 0.6) is 0 Å². The lowest BCUT2D eigenvalue weighted by Gasteiger charge is -2.45. The van der Waals surface area contributed by atoms with Gasteiger partial charge in [0, 0.05) is 41.6 Å². The number of hydrogen-bond acceptors (Lipinski definition) is 7. The molecule has 12 nitrogen and oxygen atoms in total. The number of amides is 1. The van der Waals surface area contributed by atoms with Crippen molar-refractivity contribution in [1.29, 1.82) is 0 Å². The molecule has 230 valence electrons. The summed E-state index contributed by atoms with van der Waals surface area (Å²) in [6, 6.07) is 7.53. The summed E-state index contributed by atoms with van der Waals surface area (Å²) in [6.07, 6.45) is 4.34. The fourth-order valence-electron chi connectivity index (χ4n) is 6.81. The van der Waals surface area contributed by atoms with Gasteiger partial charge in [0.1, 0.15) is 0 Å². The van der Waals surface area contributed by atoms with E-state index in [9.17, 15) is 24.3 Å². The zero-order chi connectivity index (χ0) is 30.9. The average molecular weight is 588 g/mol. The molecule has 1 saturated heterocycles. The molecule has 12 heteroatoms. The molecule has 5 atom stereocenters. The number of fused-ring (bicyclic) bond motifs is 2. The van der Waals surface area contributed by atoms with Crippen molar-refractivity contribution < 1.29 is 44.7 Å². The molecule has 1 aliphatic heterocycles. The lowest BCUT2D eigenvalue weighted by Crippen LogP contribution is -2.53. The second-order valence-electron chi connectivity index (χ2n) is 12.2. The Morgan fingerprint density at radius 2 is 1.74 bits per heavy atom. The molecule has 0 spiro atoms. The summed E-state index contributed by atoms with van der Waals surface area (Å²) >= 11 is 0. The lowest BCUT2D eigenvalue weighted by atomic mass is 9.72. The maximum Gasteiger partial charge on any atom is 0.336 e. The molecule has 5 rings (SSSR count). The number of carbonyl (C=O) groups is 4. The molecule has 6 N–H and O–H groups in total. The van der Waals surface area contributed by atoms with E-state index < -0.39 is 36.4 Å². The number of benzene rings is 1. The molecular formula is C30H41N3O9. The predicted octanol–water partition coefficient (Wildman–Crippen LogP) is 1.96. The van der Waals surface area contributed by atoms with Crippen LogP contribution < -0.4 is 5.32 Å². The van der Waals surface area contributed by atoms with Crippen LogP contribution in [0.15, 0.2) is 24.4 Å². The summed E-state index contributed by atoms with van der Waals surface area (Å²) in [4.78, 5) is 45.9. The van der Waals surface area contributed by atoms with Crippen molar-refractivity contribution in [3.8, 4) is 0 Å². The number of aromatic nitrogens is 1. The lowest BCUT2D eigenvalue weighted by molar-refractivity contribution is -0.170. The van der Waals surface area contributed by atoms with Crippen LogP contribution in [0.3, 0.4) is 0 Å². The Morgan fingerprint density at radius 1 is 1.07 bits per heavy atom. The predicted molar refractivity (Wildman–Crippen MR) is 152 cm³/mol. The molecule has 3 aliphatic rings. The monoisotopic (exact) mass is 587 g/mol. The van der Waals surface area contributed by atoms with Crippen LogP contribution in [0.2, 0.25) is 0 Å². The molecule has 0 radical (unpaired) electrons. The molecule has 2 unspecified atom stereocenters. The maximum absolute atomic E-state index is 13.0. The number of aliphatic hydroxyl groups is 2. The van der Waals surface area contributed by atoms with Crippen molar-refractivity contribution >= 4 is 34.7 Å². The van der Waals surface area contributed by atoms with E-state index >= 15 is 0 Å². The van der Waals surface area contributed by atoms with E-state index in [0.717, 1.165) is 38.6 Å². The Balaban J connectivity index is 0.000000266. The molecule has 1 aromatic heterocycles. The molecule has 0 bridgehead atoms. The van der Waals surface area contributed by atoms with Crippen LogP contribution in [0, 0.1) is 5.92 Å². The van der Waals surface area contributed by atoms with Crippen LogP contribution in [-0.2, 0) is 25.6 Å². The second kappa shape index (κ2) is 12.4. The topological polar surface area (TPSA) is 190 Å². The van der Waals surface area contributed by atoms with Crippen molar-refractivity contribution in [2.75, 3.05) is 13.6 Å². The number of likely N-dealkylation sites (tertiary alicyclic amines) is 1. The third-order valence-electron chi connectivity index (χ3n) is 8.89. The van der Waals surface area contributed by atoms with Gasteiger partial charge >= 0.3 is 17.9 Å². The summed E-state index contributed by atoms with van der Waals surface area (Å²) in [7, 11) is 2.17. The molecule has 2 aromatic rings. The molecular weight excluding hydrogens is 546 g/mol. The summed E-state index contributed by atoms with van der Waals surface area (Å²) in [5.74, 6) is -4.52. The van der Waals surface area contributed by atoms with Crippen LogP contribution in [0.25, 0.3) is 10.9 Å². The smallest absolute Gasteiger partial charge is 0.336 e. The highest BCUT2D eigenvalue weighted by atomic mass is 16.4. The number of piperidine rings is 1.